The van der Waals surface area contributed by atoms with E-state index in [1.165, 1.54) is 16.8 Å². The van der Waals surface area contributed by atoms with E-state index in [1.54, 1.807) is 0 Å². The van der Waals surface area contributed by atoms with Gasteiger partial charge in [-0.15, -0.1) is 0 Å². The first-order chi connectivity index (χ1) is 5.11. The lowest BCUT2D eigenvalue weighted by molar-refractivity contribution is 0.732. The lowest BCUT2D eigenvalue weighted by atomic mass is 10.1. The van der Waals surface area contributed by atoms with E-state index < -0.39 is 0 Å². The molecule has 0 spiro atoms. The molecule has 3 N–H and O–H groups in total. The maximum absolute atomic E-state index is 5.71. The molecule has 0 radical (unpaired) electrons. The smallest absolute Gasteiger partial charge is 0.0151 e. The van der Waals surface area contributed by atoms with Crippen molar-refractivity contribution in [2.24, 2.45) is 5.73 Å². The first-order valence-corrected chi connectivity index (χ1v) is 4.00. The second-order valence-corrected chi connectivity index (χ2v) is 3.26. The molecule has 0 aromatic carbocycles. The van der Waals surface area contributed by atoms with Gasteiger partial charge in [0.15, 0.2) is 0 Å². The van der Waals surface area contributed by atoms with Crippen LogP contribution in [0.4, 0.5) is 0 Å². The van der Waals surface area contributed by atoms with Gasteiger partial charge in [0.1, 0.15) is 0 Å². The minimum Gasteiger partial charge on any atom is -0.365 e. The number of hydrogen-bond donors (Lipinski definition) is 2. The van der Waals surface area contributed by atoms with Gasteiger partial charge in [-0.05, 0) is 38.3 Å². The Labute approximate surface area is 67.8 Å². The van der Waals surface area contributed by atoms with E-state index in [-0.39, 0.29) is 6.04 Å². The minimum atomic E-state index is 0.253. The van der Waals surface area contributed by atoms with Crippen molar-refractivity contribution >= 4 is 0 Å². The molecule has 11 heavy (non-hydrogen) atoms. The van der Waals surface area contributed by atoms with Crippen LogP contribution in [0.15, 0.2) is 6.20 Å². The second kappa shape index (κ2) is 3.09. The molecule has 2 nitrogen and oxygen atoms in total. The van der Waals surface area contributed by atoms with E-state index >= 15 is 0 Å². The molecule has 0 aliphatic carbocycles. The number of H-pyrrole nitrogens is 1. The van der Waals surface area contributed by atoms with Crippen molar-refractivity contribution in [2.45, 2.75) is 33.2 Å². The third-order valence-corrected chi connectivity index (χ3v) is 1.96. The molecule has 0 aliphatic rings. The van der Waals surface area contributed by atoms with Gasteiger partial charge in [-0.2, -0.15) is 0 Å². The first-order valence-electron chi connectivity index (χ1n) is 4.00. The second-order valence-electron chi connectivity index (χ2n) is 3.26. The summed E-state index contributed by atoms with van der Waals surface area (Å²) in [4.78, 5) is 3.19. The Morgan fingerprint density at radius 2 is 2.18 bits per heavy atom. The van der Waals surface area contributed by atoms with Gasteiger partial charge in [-0.1, -0.05) is 0 Å². The van der Waals surface area contributed by atoms with Gasteiger partial charge in [0.25, 0.3) is 0 Å². The van der Waals surface area contributed by atoms with E-state index in [0.717, 1.165) is 6.42 Å². The van der Waals surface area contributed by atoms with Gasteiger partial charge in [-0.25, -0.2) is 0 Å². The number of hydrogen-bond acceptors (Lipinski definition) is 1. The molecule has 1 rings (SSSR count). The fraction of sp³-hybridized carbons (Fsp3) is 0.556. The van der Waals surface area contributed by atoms with E-state index in [1.807, 2.05) is 13.1 Å². The maximum atomic E-state index is 5.71. The highest BCUT2D eigenvalue weighted by Crippen LogP contribution is 2.13. The molecule has 62 valence electrons. The number of aryl methyl sites for hydroxylation is 2. The molecular formula is C9H16N2. The Hall–Kier alpha value is -0.760. The van der Waals surface area contributed by atoms with Crippen LogP contribution in [0, 0.1) is 13.8 Å². The van der Waals surface area contributed by atoms with Crippen LogP contribution in [-0.2, 0) is 6.42 Å². The molecule has 0 aliphatic heterocycles. The predicted octanol–water partition coefficient (Wildman–Crippen LogP) is 1.52. The first kappa shape index (κ1) is 8.34. The normalized spacial score (nSPS) is 13.5. The lowest BCUT2D eigenvalue weighted by Gasteiger charge is -2.05. The van der Waals surface area contributed by atoms with Crippen LogP contribution in [0.2, 0.25) is 0 Å². The lowest BCUT2D eigenvalue weighted by Crippen LogP contribution is -2.18. The molecule has 1 aromatic rings. The monoisotopic (exact) mass is 152 g/mol. The Morgan fingerprint density at radius 3 is 2.55 bits per heavy atom. The van der Waals surface area contributed by atoms with Gasteiger partial charge in [0.2, 0.25) is 0 Å². The SMILES string of the molecule is Cc1c[nH]c(C)c1C[C@@H](C)N. The highest BCUT2D eigenvalue weighted by Gasteiger charge is 2.05. The van der Waals surface area contributed by atoms with Gasteiger partial charge >= 0.3 is 0 Å². The summed E-state index contributed by atoms with van der Waals surface area (Å²) in [5.74, 6) is 0. The predicted molar refractivity (Wildman–Crippen MR) is 47.6 cm³/mol. The molecule has 1 atom stereocenters. The van der Waals surface area contributed by atoms with Crippen LogP contribution < -0.4 is 5.73 Å². The van der Waals surface area contributed by atoms with E-state index in [9.17, 15) is 0 Å². The van der Waals surface area contributed by atoms with Gasteiger partial charge in [0, 0.05) is 17.9 Å². The van der Waals surface area contributed by atoms with Gasteiger partial charge in [-0.3, -0.25) is 0 Å². The van der Waals surface area contributed by atoms with Crippen LogP contribution in [-0.4, -0.2) is 11.0 Å². The van der Waals surface area contributed by atoms with E-state index in [0.29, 0.717) is 0 Å². The maximum Gasteiger partial charge on any atom is 0.0151 e. The molecule has 1 aromatic heterocycles. The minimum absolute atomic E-state index is 0.253. The molecule has 0 amide bonds. The van der Waals surface area contributed by atoms with Gasteiger partial charge in [0.05, 0.1) is 0 Å². The van der Waals surface area contributed by atoms with Crippen molar-refractivity contribution in [1.29, 1.82) is 0 Å². The highest BCUT2D eigenvalue weighted by molar-refractivity contribution is 5.29. The largest absolute Gasteiger partial charge is 0.365 e. The zero-order chi connectivity index (χ0) is 8.43. The number of nitrogens with two attached hydrogens (primary N) is 1. The van der Waals surface area contributed by atoms with Crippen molar-refractivity contribution in [3.63, 3.8) is 0 Å². The van der Waals surface area contributed by atoms with E-state index in [2.05, 4.69) is 18.8 Å². The number of aromatic nitrogens is 1. The summed E-state index contributed by atoms with van der Waals surface area (Å²) in [5.41, 5.74) is 9.65. The molecule has 0 fully saturated rings. The van der Waals surface area contributed by atoms with Crippen LogP contribution >= 0.6 is 0 Å². The molecule has 0 bridgehead atoms. The van der Waals surface area contributed by atoms with Crippen molar-refractivity contribution < 1.29 is 0 Å². The molecule has 0 saturated heterocycles. The average molecular weight is 152 g/mol. The van der Waals surface area contributed by atoms with Crippen LogP contribution in [0.5, 0.6) is 0 Å². The third-order valence-electron chi connectivity index (χ3n) is 1.96. The summed E-state index contributed by atoms with van der Waals surface area (Å²) < 4.78 is 0. The fourth-order valence-corrected chi connectivity index (χ4v) is 1.32. The van der Waals surface area contributed by atoms with Gasteiger partial charge < -0.3 is 10.7 Å². The molecular weight excluding hydrogens is 136 g/mol. The Balaban J connectivity index is 2.83. The van der Waals surface area contributed by atoms with E-state index in [4.69, 9.17) is 5.73 Å². The van der Waals surface area contributed by atoms with Crippen molar-refractivity contribution in [2.75, 3.05) is 0 Å². The Bertz CT molecular complexity index is 216. The number of nitrogens with one attached hydrogen (secondary N) is 1. The molecule has 0 unspecified atom stereocenters. The van der Waals surface area contributed by atoms with Crippen molar-refractivity contribution in [3.05, 3.63) is 23.0 Å². The summed E-state index contributed by atoms with van der Waals surface area (Å²) in [5, 5.41) is 0. The topological polar surface area (TPSA) is 41.8 Å². The van der Waals surface area contributed by atoms with Crippen molar-refractivity contribution in [3.8, 4) is 0 Å². The fourth-order valence-electron chi connectivity index (χ4n) is 1.32. The Morgan fingerprint density at radius 1 is 1.55 bits per heavy atom. The quantitative estimate of drug-likeness (QED) is 0.663. The Kier molecular flexibility index (Phi) is 2.35. The van der Waals surface area contributed by atoms with Crippen LogP contribution in [0.3, 0.4) is 0 Å². The van der Waals surface area contributed by atoms with Crippen LogP contribution in [0.1, 0.15) is 23.7 Å². The molecule has 0 saturated carbocycles. The zero-order valence-electron chi connectivity index (χ0n) is 7.44. The highest BCUT2D eigenvalue weighted by atomic mass is 14.7. The van der Waals surface area contributed by atoms with Crippen molar-refractivity contribution in [1.82, 2.24) is 4.98 Å². The number of rotatable bonds is 2. The van der Waals surface area contributed by atoms with Crippen LogP contribution in [0.25, 0.3) is 0 Å². The summed E-state index contributed by atoms with van der Waals surface area (Å²) in [7, 11) is 0. The number of aromatic amines is 1. The summed E-state index contributed by atoms with van der Waals surface area (Å²) in [6.45, 7) is 6.23. The summed E-state index contributed by atoms with van der Waals surface area (Å²) in [6.07, 6.45) is 3.01. The third kappa shape index (κ3) is 1.84. The zero-order valence-corrected chi connectivity index (χ0v) is 7.44. The standard InChI is InChI=1S/C9H16N2/c1-6-5-11-8(3)9(6)4-7(2)10/h5,7,11H,4,10H2,1-3H3/t7-/m1/s1. The molecule has 2 heteroatoms. The molecule has 1 heterocycles. The average Bonchev–Trinajstić information content (AvgIpc) is 2.18. The summed E-state index contributed by atoms with van der Waals surface area (Å²) >= 11 is 0. The summed E-state index contributed by atoms with van der Waals surface area (Å²) in [6, 6.07) is 0.253.